The van der Waals surface area contributed by atoms with Gasteiger partial charge in [0.25, 0.3) is 5.56 Å². The summed E-state index contributed by atoms with van der Waals surface area (Å²) in [7, 11) is -4.21. The van der Waals surface area contributed by atoms with Crippen LogP contribution in [0.25, 0.3) is 11.0 Å². The van der Waals surface area contributed by atoms with E-state index in [1.165, 1.54) is 57.8 Å². The van der Waals surface area contributed by atoms with Crippen molar-refractivity contribution in [2.45, 2.75) is 108 Å². The number of hydrogen-bond acceptors (Lipinski definition) is 4. The van der Waals surface area contributed by atoms with Crippen molar-refractivity contribution in [2.24, 2.45) is 23.2 Å². The highest BCUT2D eigenvalue weighted by Crippen LogP contribution is 2.69. The van der Waals surface area contributed by atoms with Crippen LogP contribution in [0, 0.1) is 23.2 Å². The highest BCUT2D eigenvalue weighted by Gasteiger charge is 2.61. The molecule has 7 atom stereocenters. The Labute approximate surface area is 225 Å². The van der Waals surface area contributed by atoms with Crippen LogP contribution in [0.4, 0.5) is 0 Å². The molecule has 2 aliphatic heterocycles. The van der Waals surface area contributed by atoms with E-state index < -0.39 is 7.60 Å². The molecule has 7 rings (SSSR count). The fourth-order valence-corrected chi connectivity index (χ4v) is 10.6. The predicted octanol–water partition coefficient (Wildman–Crippen LogP) is 5.28. The van der Waals surface area contributed by atoms with Gasteiger partial charge in [0.2, 0.25) is 0 Å². The number of aryl methyl sites for hydroxylation is 1. The van der Waals surface area contributed by atoms with E-state index in [1.807, 2.05) is 28.8 Å². The lowest BCUT2D eigenvalue weighted by atomic mass is 9.52. The molecule has 1 aromatic heterocycles. The molecule has 3 heterocycles. The Bertz CT molecular complexity index is 1320. The first-order valence-electron chi connectivity index (χ1n) is 15.1. The molecular formula is C30H42N3O4P. The third kappa shape index (κ3) is 4.06. The summed E-state index contributed by atoms with van der Waals surface area (Å²) >= 11 is 0. The molecule has 2 aromatic rings. The van der Waals surface area contributed by atoms with Gasteiger partial charge in [0.1, 0.15) is 5.69 Å². The first kappa shape index (κ1) is 25.4. The Morgan fingerprint density at radius 2 is 1.71 bits per heavy atom. The monoisotopic (exact) mass is 539 g/mol. The van der Waals surface area contributed by atoms with Gasteiger partial charge >= 0.3 is 7.60 Å². The summed E-state index contributed by atoms with van der Waals surface area (Å²) in [5.74, 6) is 2.82. The molecule has 3 saturated carbocycles. The molecule has 0 amide bonds. The van der Waals surface area contributed by atoms with Crippen LogP contribution in [-0.4, -0.2) is 48.5 Å². The van der Waals surface area contributed by atoms with E-state index in [0.29, 0.717) is 23.5 Å². The maximum absolute atomic E-state index is 13.8. The molecule has 1 aromatic carbocycles. The number of fused-ring (bicyclic) bond motifs is 4. The number of rotatable bonds is 6. The topological polar surface area (TPSA) is 95.7 Å². The van der Waals surface area contributed by atoms with Gasteiger partial charge in [-0.25, -0.2) is 4.98 Å². The lowest BCUT2D eigenvalue weighted by Crippen LogP contribution is -2.58. The summed E-state index contributed by atoms with van der Waals surface area (Å²) < 4.78 is 13.5. The third-order valence-corrected chi connectivity index (χ3v) is 12.4. The van der Waals surface area contributed by atoms with Gasteiger partial charge in [-0.2, -0.15) is 0 Å². The van der Waals surface area contributed by atoms with E-state index in [4.69, 9.17) is 0 Å². The molecule has 0 radical (unpaired) electrons. The van der Waals surface area contributed by atoms with E-state index in [9.17, 15) is 19.1 Å². The van der Waals surface area contributed by atoms with Gasteiger partial charge in [-0.15, -0.1) is 0 Å². The maximum atomic E-state index is 13.8. The van der Waals surface area contributed by atoms with E-state index >= 15 is 0 Å². The molecular weight excluding hydrogens is 497 g/mol. The maximum Gasteiger partial charge on any atom is 0.325 e. The highest BCUT2D eigenvalue weighted by atomic mass is 31.2. The van der Waals surface area contributed by atoms with Crippen molar-refractivity contribution in [3.8, 4) is 0 Å². The Morgan fingerprint density at radius 1 is 0.974 bits per heavy atom. The van der Waals surface area contributed by atoms with Crippen molar-refractivity contribution in [2.75, 3.05) is 6.16 Å². The molecule has 8 heteroatoms. The normalized spacial score (nSPS) is 38.7. The van der Waals surface area contributed by atoms with Crippen molar-refractivity contribution in [1.29, 1.82) is 0 Å². The number of para-hydroxylation sites is 2. The minimum atomic E-state index is -4.21. The van der Waals surface area contributed by atoms with E-state index in [1.54, 1.807) is 0 Å². The molecule has 5 aliphatic rings. The largest absolute Gasteiger partial charge is 0.325 e. The van der Waals surface area contributed by atoms with Gasteiger partial charge in [0, 0.05) is 30.6 Å². The van der Waals surface area contributed by atoms with E-state index in [-0.39, 0.29) is 29.9 Å². The predicted molar refractivity (Wildman–Crippen MR) is 148 cm³/mol. The minimum Gasteiger partial charge on any atom is -0.324 e. The standard InChI is InChI=1S/C30H42N3O4P/c1-2-30-18-19-12-20(30)14-21(30)15-24(13-19)32-22-6-5-7-23(32)17-25(16-22)33-28-9-4-3-8-26(28)31-27(29(33)34)10-11-38(35,36)37/h3-4,8-9,19-25H,2,5-7,10-18H2,1H3,(H2,35,36,37). The Balaban J connectivity index is 1.19. The average molecular weight is 540 g/mol. The van der Waals surface area contributed by atoms with Crippen LogP contribution in [0.2, 0.25) is 0 Å². The molecule has 206 valence electrons. The number of aromatic nitrogens is 2. The van der Waals surface area contributed by atoms with Crippen LogP contribution >= 0.6 is 7.60 Å². The molecule has 7 nitrogen and oxygen atoms in total. The Morgan fingerprint density at radius 3 is 2.45 bits per heavy atom. The van der Waals surface area contributed by atoms with Gasteiger partial charge in [-0.3, -0.25) is 14.3 Å². The van der Waals surface area contributed by atoms with Crippen LogP contribution < -0.4 is 5.56 Å². The highest BCUT2D eigenvalue weighted by molar-refractivity contribution is 7.51. The molecule has 38 heavy (non-hydrogen) atoms. The zero-order valence-electron chi connectivity index (χ0n) is 22.5. The summed E-state index contributed by atoms with van der Waals surface area (Å²) in [5.41, 5.74) is 2.37. The van der Waals surface area contributed by atoms with Gasteiger partial charge in [-0.1, -0.05) is 25.5 Å². The molecule has 5 fully saturated rings. The lowest BCUT2D eigenvalue weighted by molar-refractivity contribution is -0.0752. The fraction of sp³-hybridized carbons (Fsp3) is 0.733. The second kappa shape index (κ2) is 9.26. The summed E-state index contributed by atoms with van der Waals surface area (Å²) in [6.45, 7) is 2.44. The van der Waals surface area contributed by atoms with E-state index in [2.05, 4.69) is 16.8 Å². The van der Waals surface area contributed by atoms with Gasteiger partial charge in [-0.05, 0) is 99.5 Å². The SMILES string of the molecule is CCC12CC3CC(N4C5CCCC4CC(n4c(=O)c(CCP(=O)(O)O)nc6ccccc64)C5)CC1CC2C3. The summed E-state index contributed by atoms with van der Waals surface area (Å²) in [6.07, 6.45) is 13.8. The van der Waals surface area contributed by atoms with Crippen molar-refractivity contribution in [3.05, 3.63) is 40.3 Å². The third-order valence-electron chi connectivity index (χ3n) is 11.6. The number of hydrogen-bond donors (Lipinski definition) is 2. The second-order valence-corrected chi connectivity index (χ2v) is 15.1. The smallest absolute Gasteiger partial charge is 0.324 e. The van der Waals surface area contributed by atoms with Crippen molar-refractivity contribution in [3.63, 3.8) is 0 Å². The van der Waals surface area contributed by atoms with Crippen LogP contribution in [-0.2, 0) is 11.0 Å². The van der Waals surface area contributed by atoms with Crippen molar-refractivity contribution >= 4 is 18.6 Å². The molecule has 2 saturated heterocycles. The van der Waals surface area contributed by atoms with Crippen LogP contribution in [0.5, 0.6) is 0 Å². The number of nitrogens with zero attached hydrogens (tertiary/aromatic N) is 3. The van der Waals surface area contributed by atoms with Crippen molar-refractivity contribution < 1.29 is 14.4 Å². The van der Waals surface area contributed by atoms with E-state index in [0.717, 1.165) is 41.6 Å². The van der Waals surface area contributed by atoms with Gasteiger partial charge < -0.3 is 14.4 Å². The lowest BCUT2D eigenvalue weighted by Gasteiger charge is -2.57. The first-order valence-corrected chi connectivity index (χ1v) is 16.9. The number of piperidine rings is 2. The molecule has 3 aliphatic carbocycles. The van der Waals surface area contributed by atoms with Crippen molar-refractivity contribution in [1.82, 2.24) is 14.5 Å². The van der Waals surface area contributed by atoms with Crippen LogP contribution in [0.3, 0.4) is 0 Å². The fourth-order valence-electron chi connectivity index (χ4n) is 10.1. The quantitative estimate of drug-likeness (QED) is 0.485. The zero-order valence-corrected chi connectivity index (χ0v) is 23.4. The first-order chi connectivity index (χ1) is 18.3. The zero-order chi connectivity index (χ0) is 26.2. The van der Waals surface area contributed by atoms with Crippen LogP contribution in [0.15, 0.2) is 29.1 Å². The second-order valence-electron chi connectivity index (χ2n) is 13.3. The Hall–Kier alpha value is -1.53. The molecule has 2 N–H and O–H groups in total. The minimum absolute atomic E-state index is 0.00463. The summed E-state index contributed by atoms with van der Waals surface area (Å²) in [5, 5.41) is 0. The molecule has 7 unspecified atom stereocenters. The Kier molecular flexibility index (Phi) is 6.20. The number of benzene rings is 1. The summed E-state index contributed by atoms with van der Waals surface area (Å²) in [6, 6.07) is 9.60. The van der Waals surface area contributed by atoms with Gasteiger partial charge in [0.05, 0.1) is 17.2 Å². The molecule has 4 bridgehead atoms. The van der Waals surface area contributed by atoms with Crippen LogP contribution in [0.1, 0.15) is 89.3 Å². The summed E-state index contributed by atoms with van der Waals surface area (Å²) in [4.78, 5) is 40.2. The van der Waals surface area contributed by atoms with Gasteiger partial charge in [0.15, 0.2) is 0 Å². The average Bonchev–Trinajstić information content (AvgIpc) is 3.06. The molecule has 0 spiro atoms.